The van der Waals surface area contributed by atoms with E-state index in [2.05, 4.69) is 27.4 Å². The molecule has 1 unspecified atom stereocenters. The maximum atomic E-state index is 10.8. The highest BCUT2D eigenvalue weighted by molar-refractivity contribution is 14.0. The van der Waals surface area contributed by atoms with Crippen molar-refractivity contribution < 1.29 is 9.53 Å². The Morgan fingerprint density at radius 3 is 2.80 bits per heavy atom. The van der Waals surface area contributed by atoms with Crippen LogP contribution in [-0.4, -0.2) is 63.2 Å². The highest BCUT2D eigenvalue weighted by Gasteiger charge is 2.24. The van der Waals surface area contributed by atoms with Crippen molar-refractivity contribution >= 4 is 35.8 Å². The van der Waals surface area contributed by atoms with Crippen LogP contribution in [0.2, 0.25) is 0 Å². The molecule has 0 aliphatic carbocycles. The van der Waals surface area contributed by atoms with Crippen LogP contribution >= 0.6 is 24.0 Å². The van der Waals surface area contributed by atoms with Gasteiger partial charge in [0.15, 0.2) is 5.96 Å². The van der Waals surface area contributed by atoms with Crippen LogP contribution in [0.15, 0.2) is 4.99 Å². The molecule has 1 rings (SSSR count). The molecule has 0 saturated carbocycles. The summed E-state index contributed by atoms with van der Waals surface area (Å²) in [6.45, 7) is 8.43. The summed E-state index contributed by atoms with van der Waals surface area (Å²) in [6.07, 6.45) is 1.14. The average molecular weight is 398 g/mol. The summed E-state index contributed by atoms with van der Waals surface area (Å²) in [5.41, 5.74) is 0. The molecule has 20 heavy (non-hydrogen) atoms. The van der Waals surface area contributed by atoms with Gasteiger partial charge in [0.05, 0.1) is 13.2 Å². The van der Waals surface area contributed by atoms with E-state index in [0.717, 1.165) is 38.6 Å². The van der Waals surface area contributed by atoms with E-state index in [1.165, 1.54) is 6.92 Å². The summed E-state index contributed by atoms with van der Waals surface area (Å²) < 4.78 is 5.20. The van der Waals surface area contributed by atoms with Gasteiger partial charge in [0.2, 0.25) is 5.91 Å². The quantitative estimate of drug-likeness (QED) is 0.299. The third-order valence-corrected chi connectivity index (χ3v) is 3.07. The van der Waals surface area contributed by atoms with Crippen LogP contribution in [-0.2, 0) is 9.53 Å². The van der Waals surface area contributed by atoms with Crippen LogP contribution in [0.1, 0.15) is 20.3 Å². The van der Waals surface area contributed by atoms with E-state index >= 15 is 0 Å². The second kappa shape index (κ2) is 11.1. The maximum absolute atomic E-state index is 10.8. The van der Waals surface area contributed by atoms with Crippen molar-refractivity contribution in [1.82, 2.24) is 15.5 Å². The molecular weight excluding hydrogens is 371 g/mol. The van der Waals surface area contributed by atoms with Gasteiger partial charge in [-0.05, 0) is 13.3 Å². The van der Waals surface area contributed by atoms with Gasteiger partial charge in [0.25, 0.3) is 0 Å². The molecule has 118 valence electrons. The van der Waals surface area contributed by atoms with Gasteiger partial charge in [-0.3, -0.25) is 9.79 Å². The lowest BCUT2D eigenvalue weighted by molar-refractivity contribution is -0.118. The Labute approximate surface area is 138 Å². The number of ether oxygens (including phenoxy) is 1. The van der Waals surface area contributed by atoms with Gasteiger partial charge in [-0.15, -0.1) is 24.0 Å². The zero-order chi connectivity index (χ0) is 14.1. The van der Waals surface area contributed by atoms with Crippen molar-refractivity contribution in [2.75, 3.05) is 46.4 Å². The molecule has 2 N–H and O–H groups in total. The molecule has 0 aromatic rings. The molecule has 1 fully saturated rings. The number of hydrogen-bond acceptors (Lipinski definition) is 3. The fraction of sp³-hybridized carbons (Fsp3) is 0.846. The van der Waals surface area contributed by atoms with Crippen LogP contribution in [0.25, 0.3) is 0 Å². The Morgan fingerprint density at radius 2 is 2.20 bits per heavy atom. The Kier molecular flexibility index (Phi) is 10.8. The van der Waals surface area contributed by atoms with Gasteiger partial charge >= 0.3 is 0 Å². The second-order valence-corrected chi connectivity index (χ2v) is 4.77. The van der Waals surface area contributed by atoms with Crippen LogP contribution < -0.4 is 10.6 Å². The van der Waals surface area contributed by atoms with Gasteiger partial charge in [-0.25, -0.2) is 0 Å². The number of amides is 1. The van der Waals surface area contributed by atoms with Crippen molar-refractivity contribution in [3.8, 4) is 0 Å². The number of nitrogens with one attached hydrogen (secondary N) is 2. The van der Waals surface area contributed by atoms with E-state index < -0.39 is 0 Å². The summed E-state index contributed by atoms with van der Waals surface area (Å²) >= 11 is 0. The first kappa shape index (κ1) is 19.4. The number of aliphatic imine (C=N–C) groups is 1. The second-order valence-electron chi connectivity index (χ2n) is 4.77. The Hall–Kier alpha value is -0.570. The van der Waals surface area contributed by atoms with Crippen molar-refractivity contribution in [3.05, 3.63) is 0 Å². The number of rotatable bonds is 6. The molecule has 1 aliphatic heterocycles. The predicted octanol–water partition coefficient (Wildman–Crippen LogP) is 0.674. The van der Waals surface area contributed by atoms with E-state index in [0.29, 0.717) is 19.0 Å². The Balaban J connectivity index is 0.00000361. The first-order chi connectivity index (χ1) is 9.17. The van der Waals surface area contributed by atoms with Gasteiger partial charge in [-0.1, -0.05) is 0 Å². The van der Waals surface area contributed by atoms with Crippen LogP contribution in [0, 0.1) is 5.92 Å². The molecule has 1 saturated heterocycles. The summed E-state index contributed by atoms with van der Waals surface area (Å²) in [6, 6.07) is 0. The largest absolute Gasteiger partial charge is 0.384 e. The Morgan fingerprint density at radius 1 is 1.45 bits per heavy atom. The lowest BCUT2D eigenvalue weighted by atomic mass is 10.1. The fourth-order valence-corrected chi connectivity index (χ4v) is 2.22. The van der Waals surface area contributed by atoms with Crippen molar-refractivity contribution in [1.29, 1.82) is 0 Å². The highest BCUT2D eigenvalue weighted by Crippen LogP contribution is 2.16. The minimum atomic E-state index is -0.0125. The van der Waals surface area contributed by atoms with Gasteiger partial charge in [0.1, 0.15) is 0 Å². The third-order valence-electron chi connectivity index (χ3n) is 3.07. The van der Waals surface area contributed by atoms with Crippen LogP contribution in [0.5, 0.6) is 0 Å². The fourth-order valence-electron chi connectivity index (χ4n) is 2.22. The molecule has 0 aromatic heterocycles. The molecule has 0 radical (unpaired) electrons. The number of carbonyl (C=O) groups is 1. The molecule has 1 heterocycles. The normalized spacial score (nSPS) is 18.6. The molecular formula is C13H27IN4O2. The van der Waals surface area contributed by atoms with Crippen molar-refractivity contribution in [3.63, 3.8) is 0 Å². The zero-order valence-electron chi connectivity index (χ0n) is 12.6. The number of methoxy groups -OCH3 is 1. The van der Waals surface area contributed by atoms with E-state index in [9.17, 15) is 4.79 Å². The number of hydrogen-bond donors (Lipinski definition) is 2. The number of likely N-dealkylation sites (tertiary alicyclic amines) is 1. The van der Waals surface area contributed by atoms with Gasteiger partial charge < -0.3 is 20.3 Å². The van der Waals surface area contributed by atoms with Crippen molar-refractivity contribution in [2.45, 2.75) is 20.3 Å². The molecule has 6 nitrogen and oxygen atoms in total. The number of nitrogens with zero attached hydrogens (tertiary/aromatic N) is 2. The van der Waals surface area contributed by atoms with Gasteiger partial charge in [-0.2, -0.15) is 0 Å². The highest BCUT2D eigenvalue weighted by atomic mass is 127. The van der Waals surface area contributed by atoms with Crippen LogP contribution in [0.3, 0.4) is 0 Å². The van der Waals surface area contributed by atoms with E-state index in [1.54, 1.807) is 7.11 Å². The zero-order valence-corrected chi connectivity index (χ0v) is 15.0. The summed E-state index contributed by atoms with van der Waals surface area (Å²) in [4.78, 5) is 17.6. The summed E-state index contributed by atoms with van der Waals surface area (Å²) in [5.74, 6) is 1.51. The average Bonchev–Trinajstić information content (AvgIpc) is 2.82. The van der Waals surface area contributed by atoms with E-state index in [4.69, 9.17) is 4.74 Å². The first-order valence-electron chi connectivity index (χ1n) is 6.94. The van der Waals surface area contributed by atoms with Gasteiger partial charge in [0, 0.05) is 46.1 Å². The molecule has 1 amide bonds. The monoisotopic (exact) mass is 398 g/mol. The first-order valence-corrected chi connectivity index (χ1v) is 6.94. The predicted molar refractivity (Wildman–Crippen MR) is 91.6 cm³/mol. The smallest absolute Gasteiger partial charge is 0.216 e. The lowest BCUT2D eigenvalue weighted by Crippen LogP contribution is -2.40. The minimum absolute atomic E-state index is 0. The molecule has 1 atom stereocenters. The van der Waals surface area contributed by atoms with E-state index in [-0.39, 0.29) is 29.9 Å². The molecule has 1 aliphatic rings. The minimum Gasteiger partial charge on any atom is -0.384 e. The molecule has 0 bridgehead atoms. The lowest BCUT2D eigenvalue weighted by Gasteiger charge is -2.21. The number of guanidine groups is 1. The standard InChI is InChI=1S/C13H26N4O2.HI/c1-4-14-13(16-7-6-15-11(2)18)17-8-5-12(9-17)10-19-3;/h12H,4-10H2,1-3H3,(H,14,16)(H,15,18);1H. The maximum Gasteiger partial charge on any atom is 0.216 e. The van der Waals surface area contributed by atoms with E-state index in [1.807, 2.05) is 0 Å². The molecule has 0 aromatic carbocycles. The third kappa shape index (κ3) is 7.28. The topological polar surface area (TPSA) is 66.0 Å². The molecule has 7 heteroatoms. The van der Waals surface area contributed by atoms with Crippen LogP contribution in [0.4, 0.5) is 0 Å². The summed E-state index contributed by atoms with van der Waals surface area (Å²) in [5, 5.41) is 6.05. The van der Waals surface area contributed by atoms with Crippen molar-refractivity contribution in [2.24, 2.45) is 10.9 Å². The summed E-state index contributed by atoms with van der Waals surface area (Å²) in [7, 11) is 1.75. The Bertz CT molecular complexity index is 313. The number of carbonyl (C=O) groups excluding carboxylic acids is 1. The molecule has 0 spiro atoms. The SMILES string of the molecule is CCNC(=NCCNC(C)=O)N1CCC(COC)C1.I. The number of halogens is 1.